The number of aliphatic hydroxyl groups is 1. The summed E-state index contributed by atoms with van der Waals surface area (Å²) in [5.41, 5.74) is 7.62. The van der Waals surface area contributed by atoms with Gasteiger partial charge in [-0.3, -0.25) is 47.9 Å². The van der Waals surface area contributed by atoms with Crippen molar-refractivity contribution in [1.29, 1.82) is 0 Å². The molecule has 8 amide bonds. The molecule has 27 nitrogen and oxygen atoms in total. The van der Waals surface area contributed by atoms with E-state index < -0.39 is 151 Å². The number of nitrogens with one attached hydrogen (secondary N) is 9. The highest BCUT2D eigenvalue weighted by Crippen LogP contribution is 2.15. The molecule has 10 atom stereocenters. The monoisotopic (exact) mass is 1090 g/mol. The number of benzene rings is 2. The number of amides is 8. The molecule has 2 aromatic carbocycles. The molecule has 426 valence electrons. The molecule has 78 heavy (non-hydrogen) atoms. The van der Waals surface area contributed by atoms with Crippen LogP contribution in [0.5, 0.6) is 5.75 Å². The van der Waals surface area contributed by atoms with Crippen molar-refractivity contribution < 1.29 is 78.3 Å². The van der Waals surface area contributed by atoms with Crippen LogP contribution in [-0.4, -0.2) is 162 Å². The minimum Gasteiger partial charge on any atom is -0.508 e. The van der Waals surface area contributed by atoms with Crippen LogP contribution < -0.4 is 48.3 Å². The zero-order chi connectivity index (χ0) is 58.2. The largest absolute Gasteiger partial charge is 0.508 e. The van der Waals surface area contributed by atoms with E-state index in [0.29, 0.717) is 23.2 Å². The Hall–Kier alpha value is -8.46. The van der Waals surface area contributed by atoms with Gasteiger partial charge in [0.1, 0.15) is 54.1 Å². The third kappa shape index (κ3) is 21.6. The number of H-pyrrole nitrogens is 1. The van der Waals surface area contributed by atoms with Gasteiger partial charge in [0.05, 0.1) is 25.4 Å². The predicted octanol–water partition coefficient (Wildman–Crippen LogP) is -2.12. The van der Waals surface area contributed by atoms with E-state index >= 15 is 0 Å². The molecule has 0 aliphatic heterocycles. The molecule has 0 spiro atoms. The van der Waals surface area contributed by atoms with Crippen LogP contribution in [0.1, 0.15) is 83.5 Å². The molecule has 0 fully saturated rings. The number of carbonyl (C=O) groups is 11. The molecule has 3 aromatic rings. The highest BCUT2D eigenvalue weighted by Gasteiger charge is 2.36. The molecule has 0 unspecified atom stereocenters. The first-order valence-electron chi connectivity index (χ1n) is 25.1. The van der Waals surface area contributed by atoms with Crippen molar-refractivity contribution in [2.45, 2.75) is 140 Å². The van der Waals surface area contributed by atoms with Gasteiger partial charge in [-0.15, -0.1) is 0 Å². The summed E-state index contributed by atoms with van der Waals surface area (Å²) in [4.78, 5) is 152. The van der Waals surface area contributed by atoms with Gasteiger partial charge in [0.25, 0.3) is 0 Å². The lowest BCUT2D eigenvalue weighted by molar-refractivity contribution is -0.142. The molecule has 16 N–H and O–H groups in total. The SMILES string of the molecule is CC[C@H](C)[C@H](NC(=O)[C@H](C)NC(=O)[C@H](CCC(=O)O)NC(=O)[C@H](CO)NC(=O)[C@H](CC(=O)O)NC(=O)[C@H](Cc1ccc(O)cc1)NC(=O)[C@@H](N)Cc1cnc[nH]1)C(=O)N[C@@H](CC(C)C)C(=O)N[C@@H](Cc1ccccc1)C(=O)O. The van der Waals surface area contributed by atoms with Gasteiger partial charge in [-0.2, -0.15) is 0 Å². The Morgan fingerprint density at radius 1 is 0.577 bits per heavy atom. The summed E-state index contributed by atoms with van der Waals surface area (Å²) in [5, 5.41) is 68.1. The number of aromatic hydroxyl groups is 1. The van der Waals surface area contributed by atoms with Crippen LogP contribution in [0.3, 0.4) is 0 Å². The molecule has 1 aromatic heterocycles. The number of nitrogens with zero attached hydrogens (tertiary/aromatic N) is 1. The Bertz CT molecular complexity index is 2530. The average Bonchev–Trinajstić information content (AvgIpc) is 3.91. The number of phenolic OH excluding ortho intramolecular Hbond substituents is 1. The molecule has 0 bridgehead atoms. The number of aromatic nitrogens is 2. The summed E-state index contributed by atoms with van der Waals surface area (Å²) in [6.07, 6.45) is 0.470. The first-order chi connectivity index (χ1) is 36.8. The Labute approximate surface area is 449 Å². The van der Waals surface area contributed by atoms with Crippen molar-refractivity contribution in [3.63, 3.8) is 0 Å². The molecular weight excluding hydrogens is 1020 g/mol. The fraction of sp³-hybridized carbons (Fsp3) is 0.490. The number of nitrogens with two attached hydrogens (primary N) is 1. The lowest BCUT2D eigenvalue weighted by Gasteiger charge is -2.29. The van der Waals surface area contributed by atoms with Crippen molar-refractivity contribution in [2.24, 2.45) is 17.6 Å². The number of hydrogen-bond donors (Lipinski definition) is 15. The number of imidazole rings is 1. The number of aliphatic carboxylic acids is 3. The van der Waals surface area contributed by atoms with Crippen LogP contribution in [0.4, 0.5) is 0 Å². The average molecular weight is 1090 g/mol. The number of rotatable bonds is 33. The second kappa shape index (κ2) is 31.6. The third-order valence-electron chi connectivity index (χ3n) is 12.2. The normalized spacial score (nSPS) is 14.9. The molecule has 0 aliphatic rings. The lowest BCUT2D eigenvalue weighted by atomic mass is 9.96. The first kappa shape index (κ1) is 63.8. The molecule has 0 saturated carbocycles. The molecule has 27 heteroatoms. The maximum atomic E-state index is 13.9. The summed E-state index contributed by atoms with van der Waals surface area (Å²) >= 11 is 0. The van der Waals surface area contributed by atoms with Gasteiger partial charge in [0.2, 0.25) is 47.3 Å². The van der Waals surface area contributed by atoms with Crippen LogP contribution in [0, 0.1) is 11.8 Å². The molecule has 0 aliphatic carbocycles. The van der Waals surface area contributed by atoms with Crippen LogP contribution in [0.15, 0.2) is 67.1 Å². The summed E-state index contributed by atoms with van der Waals surface area (Å²) in [5.74, 6) is -13.3. The fourth-order valence-electron chi connectivity index (χ4n) is 7.66. The Kier molecular flexibility index (Phi) is 25.8. The number of carboxylic acid groups (broad SMARTS) is 3. The summed E-state index contributed by atoms with van der Waals surface area (Å²) in [6.45, 7) is 6.95. The number of carboxylic acids is 3. The van der Waals surface area contributed by atoms with Crippen LogP contribution >= 0.6 is 0 Å². The third-order valence-corrected chi connectivity index (χ3v) is 12.2. The van der Waals surface area contributed by atoms with E-state index in [1.807, 2.05) is 0 Å². The van der Waals surface area contributed by atoms with Gasteiger partial charge in [-0.1, -0.05) is 76.6 Å². The molecule has 3 rings (SSSR count). The minimum atomic E-state index is -1.96. The van der Waals surface area contributed by atoms with E-state index in [4.69, 9.17) is 5.73 Å². The standard InChI is InChI=1S/C51H71N11O16/c1-6-27(4)42(50(76)59-35(18-26(2)3)46(72)60-38(51(77)78)20-29-10-8-7-9-11-29)62-43(69)28(5)55-45(71)34(16-17-40(65)66)56-49(75)39(24-63)61-48(74)37(22-41(67)68)58-47(73)36(19-30-12-14-32(64)15-13-30)57-44(70)33(52)21-31-23-53-25-54-31/h7-15,23,25-28,33-39,42,63-64H,6,16-22,24,52H2,1-5H3,(H,53,54)(H,55,71)(H,56,75)(H,57,70)(H,58,73)(H,59,76)(H,60,72)(H,61,74)(H,62,69)(H,65,66)(H,67,68)(H,77,78)/t27-,28-,33-,34-,35-,36-,37-,38-,39-,42-/m0/s1. The number of aliphatic hydroxyl groups excluding tert-OH is 1. The second-order valence-electron chi connectivity index (χ2n) is 19.1. The summed E-state index contributed by atoms with van der Waals surface area (Å²) < 4.78 is 0. The van der Waals surface area contributed by atoms with Crippen LogP contribution in [0.25, 0.3) is 0 Å². The predicted molar refractivity (Wildman–Crippen MR) is 276 cm³/mol. The smallest absolute Gasteiger partial charge is 0.326 e. The molecule has 0 saturated heterocycles. The van der Waals surface area contributed by atoms with Crippen LogP contribution in [0.2, 0.25) is 0 Å². The highest BCUT2D eigenvalue weighted by molar-refractivity contribution is 5.99. The van der Waals surface area contributed by atoms with Gasteiger partial charge in [-0.25, -0.2) is 9.78 Å². The summed E-state index contributed by atoms with van der Waals surface area (Å²) in [6, 6.07) is 0.304. The van der Waals surface area contributed by atoms with Crippen molar-refractivity contribution in [2.75, 3.05) is 6.61 Å². The van der Waals surface area contributed by atoms with Gasteiger partial charge >= 0.3 is 17.9 Å². The van der Waals surface area contributed by atoms with E-state index in [2.05, 4.69) is 52.5 Å². The number of carbonyl (C=O) groups excluding carboxylic acids is 8. The topological polar surface area (TPSA) is 440 Å². The highest BCUT2D eigenvalue weighted by atomic mass is 16.4. The van der Waals surface area contributed by atoms with Gasteiger partial charge in [0, 0.05) is 37.6 Å². The Morgan fingerprint density at radius 3 is 1.67 bits per heavy atom. The Morgan fingerprint density at radius 2 is 1.10 bits per heavy atom. The first-order valence-corrected chi connectivity index (χ1v) is 25.1. The van der Waals surface area contributed by atoms with Crippen molar-refractivity contribution in [3.05, 3.63) is 83.9 Å². The molecular formula is C51H71N11O16. The fourth-order valence-corrected chi connectivity index (χ4v) is 7.66. The zero-order valence-electron chi connectivity index (χ0n) is 43.8. The molecule has 0 radical (unpaired) electrons. The van der Waals surface area contributed by atoms with E-state index in [1.165, 1.54) is 43.7 Å². The number of phenols is 1. The van der Waals surface area contributed by atoms with Gasteiger partial charge in [0.15, 0.2) is 0 Å². The maximum absolute atomic E-state index is 13.9. The van der Waals surface area contributed by atoms with Crippen LogP contribution in [-0.2, 0) is 72.0 Å². The van der Waals surface area contributed by atoms with E-state index in [9.17, 15) is 78.3 Å². The molecule has 1 heterocycles. The zero-order valence-corrected chi connectivity index (χ0v) is 43.8. The van der Waals surface area contributed by atoms with E-state index in [0.717, 1.165) is 0 Å². The summed E-state index contributed by atoms with van der Waals surface area (Å²) in [7, 11) is 0. The quantitative estimate of drug-likeness (QED) is 0.0310. The maximum Gasteiger partial charge on any atom is 0.326 e. The van der Waals surface area contributed by atoms with Crippen molar-refractivity contribution in [1.82, 2.24) is 52.5 Å². The minimum absolute atomic E-state index is 0.0272. The van der Waals surface area contributed by atoms with Crippen molar-refractivity contribution >= 4 is 65.2 Å². The van der Waals surface area contributed by atoms with Gasteiger partial charge < -0.3 is 78.8 Å². The van der Waals surface area contributed by atoms with E-state index in [-0.39, 0.29) is 37.4 Å². The second-order valence-corrected chi connectivity index (χ2v) is 19.1. The Balaban J connectivity index is 1.76. The van der Waals surface area contributed by atoms with Crippen molar-refractivity contribution in [3.8, 4) is 5.75 Å². The number of aromatic amines is 1. The lowest BCUT2D eigenvalue weighted by Crippen LogP contribution is -2.61. The number of hydrogen-bond acceptors (Lipinski definition) is 15. The van der Waals surface area contributed by atoms with E-state index in [1.54, 1.807) is 58.0 Å². The van der Waals surface area contributed by atoms with Gasteiger partial charge in [-0.05, 0) is 54.9 Å².